The van der Waals surface area contributed by atoms with E-state index in [-0.39, 0.29) is 24.4 Å². The number of aryl methyl sites for hydroxylation is 3. The molecule has 0 bridgehead atoms. The molecule has 3 rings (SSSR count). The number of benzene rings is 1. The first-order chi connectivity index (χ1) is 10.0. The van der Waals surface area contributed by atoms with Crippen LogP contribution in [0.5, 0.6) is 0 Å². The van der Waals surface area contributed by atoms with Crippen LogP contribution in [-0.4, -0.2) is 10.9 Å². The monoisotopic (exact) mass is 321 g/mol. The number of rotatable bonds is 2. The zero-order valence-electron chi connectivity index (χ0n) is 12.7. The highest BCUT2D eigenvalue weighted by atomic mass is 35.5. The van der Waals surface area contributed by atoms with Crippen molar-refractivity contribution in [2.45, 2.75) is 39.2 Å². The van der Waals surface area contributed by atoms with E-state index >= 15 is 0 Å². The maximum absolute atomic E-state index is 12.4. The van der Waals surface area contributed by atoms with Gasteiger partial charge in [-0.25, -0.2) is 4.98 Å². The fourth-order valence-corrected chi connectivity index (χ4v) is 2.95. The lowest BCUT2D eigenvalue weighted by Gasteiger charge is -2.26. The largest absolute Gasteiger partial charge is 0.436 e. The molecule has 2 aromatic rings. The number of hydrogen-bond donors (Lipinski definition) is 2. The van der Waals surface area contributed by atoms with Gasteiger partial charge in [0.2, 0.25) is 5.76 Å². The van der Waals surface area contributed by atoms with Crippen molar-refractivity contribution in [1.82, 2.24) is 10.3 Å². The van der Waals surface area contributed by atoms with Crippen molar-refractivity contribution in [1.29, 1.82) is 0 Å². The molecule has 22 heavy (non-hydrogen) atoms. The second-order valence-corrected chi connectivity index (χ2v) is 5.52. The predicted octanol–water partition coefficient (Wildman–Crippen LogP) is 3.10. The molecule has 1 aromatic heterocycles. The van der Waals surface area contributed by atoms with E-state index in [0.29, 0.717) is 17.3 Å². The van der Waals surface area contributed by atoms with Crippen LogP contribution < -0.4 is 11.1 Å². The molecular weight excluding hydrogens is 302 g/mol. The van der Waals surface area contributed by atoms with Crippen LogP contribution in [0.3, 0.4) is 0 Å². The van der Waals surface area contributed by atoms with E-state index in [2.05, 4.69) is 10.3 Å². The standard InChI is InChI=1S/C16H19N3O2.ClH/c1-9-15(21-10(2)18-9)16(20)19-14-5-3-4-11-8-12(17)6-7-13(11)14;/h6-8,14H,3-5,17H2,1-2H3,(H,19,20);1H. The smallest absolute Gasteiger partial charge is 0.289 e. The molecule has 0 radical (unpaired) electrons. The summed E-state index contributed by atoms with van der Waals surface area (Å²) < 4.78 is 5.38. The predicted molar refractivity (Wildman–Crippen MR) is 87.2 cm³/mol. The fourth-order valence-electron chi connectivity index (χ4n) is 2.95. The average Bonchev–Trinajstić information content (AvgIpc) is 2.77. The van der Waals surface area contributed by atoms with Gasteiger partial charge in [0.1, 0.15) is 0 Å². The van der Waals surface area contributed by atoms with E-state index in [4.69, 9.17) is 10.2 Å². The minimum atomic E-state index is -0.206. The number of hydrogen-bond acceptors (Lipinski definition) is 4. The summed E-state index contributed by atoms with van der Waals surface area (Å²) in [7, 11) is 0. The van der Waals surface area contributed by atoms with Gasteiger partial charge in [-0.05, 0) is 49.4 Å². The third-order valence-corrected chi connectivity index (χ3v) is 3.90. The van der Waals surface area contributed by atoms with E-state index in [1.165, 1.54) is 5.56 Å². The molecule has 5 nitrogen and oxygen atoms in total. The van der Waals surface area contributed by atoms with Gasteiger partial charge in [0.05, 0.1) is 11.7 Å². The van der Waals surface area contributed by atoms with Crippen LogP contribution >= 0.6 is 12.4 Å². The molecule has 1 unspecified atom stereocenters. The summed E-state index contributed by atoms with van der Waals surface area (Å²) in [5.74, 6) is 0.604. The number of amides is 1. The van der Waals surface area contributed by atoms with Crippen molar-refractivity contribution in [2.24, 2.45) is 0 Å². The molecule has 3 N–H and O–H groups in total. The quantitative estimate of drug-likeness (QED) is 0.833. The second kappa shape index (κ2) is 6.40. The van der Waals surface area contributed by atoms with Crippen LogP contribution in [0.2, 0.25) is 0 Å². The van der Waals surface area contributed by atoms with E-state index < -0.39 is 0 Å². The highest BCUT2D eigenvalue weighted by Crippen LogP contribution is 2.31. The first-order valence-electron chi connectivity index (χ1n) is 7.18. The minimum Gasteiger partial charge on any atom is -0.436 e. The lowest BCUT2D eigenvalue weighted by molar-refractivity contribution is 0.0902. The van der Waals surface area contributed by atoms with Crippen molar-refractivity contribution in [3.05, 3.63) is 46.7 Å². The van der Waals surface area contributed by atoms with Crippen LogP contribution in [-0.2, 0) is 6.42 Å². The van der Waals surface area contributed by atoms with Crippen molar-refractivity contribution in [3.63, 3.8) is 0 Å². The Hall–Kier alpha value is -2.01. The maximum atomic E-state index is 12.4. The zero-order chi connectivity index (χ0) is 15.0. The molecule has 1 amide bonds. The summed E-state index contributed by atoms with van der Waals surface area (Å²) >= 11 is 0. The first-order valence-corrected chi connectivity index (χ1v) is 7.18. The van der Waals surface area contributed by atoms with Crippen LogP contribution in [0.25, 0.3) is 0 Å². The van der Waals surface area contributed by atoms with Crippen molar-refractivity contribution in [3.8, 4) is 0 Å². The van der Waals surface area contributed by atoms with Gasteiger partial charge in [0, 0.05) is 12.6 Å². The number of halogens is 1. The number of oxazole rings is 1. The first kappa shape index (κ1) is 16.4. The van der Waals surface area contributed by atoms with Gasteiger partial charge >= 0.3 is 0 Å². The Morgan fingerprint density at radius 3 is 2.86 bits per heavy atom. The average molecular weight is 322 g/mol. The van der Waals surface area contributed by atoms with Gasteiger partial charge < -0.3 is 15.5 Å². The fraction of sp³-hybridized carbons (Fsp3) is 0.375. The van der Waals surface area contributed by atoms with Crippen LogP contribution in [0.15, 0.2) is 22.6 Å². The molecule has 1 aliphatic carbocycles. The van der Waals surface area contributed by atoms with Gasteiger partial charge in [-0.2, -0.15) is 0 Å². The Morgan fingerprint density at radius 1 is 1.41 bits per heavy atom. The molecule has 0 aliphatic heterocycles. The molecular formula is C16H20ClN3O2. The van der Waals surface area contributed by atoms with Gasteiger partial charge in [-0.3, -0.25) is 4.79 Å². The summed E-state index contributed by atoms with van der Waals surface area (Å²) in [4.78, 5) is 16.5. The molecule has 1 aliphatic rings. The van der Waals surface area contributed by atoms with Crippen LogP contribution in [0, 0.1) is 13.8 Å². The molecule has 6 heteroatoms. The molecule has 0 fully saturated rings. The number of carbonyl (C=O) groups excluding carboxylic acids is 1. The zero-order valence-corrected chi connectivity index (χ0v) is 13.5. The topological polar surface area (TPSA) is 81.2 Å². The SMILES string of the molecule is Cc1nc(C)c(C(=O)NC2CCCc3cc(N)ccc32)o1.Cl. The third-order valence-electron chi connectivity index (χ3n) is 3.90. The molecule has 1 aromatic carbocycles. The van der Waals surface area contributed by atoms with Gasteiger partial charge in [0.25, 0.3) is 5.91 Å². The Labute approximate surface area is 135 Å². The van der Waals surface area contributed by atoms with Crippen molar-refractivity contribution < 1.29 is 9.21 Å². The number of fused-ring (bicyclic) bond motifs is 1. The van der Waals surface area contributed by atoms with Crippen molar-refractivity contribution in [2.75, 3.05) is 5.73 Å². The summed E-state index contributed by atoms with van der Waals surface area (Å²) in [5, 5.41) is 3.05. The van der Waals surface area contributed by atoms with E-state index in [1.807, 2.05) is 18.2 Å². The number of nitrogens with zero attached hydrogens (tertiary/aromatic N) is 1. The normalized spacial score (nSPS) is 16.5. The molecule has 0 saturated carbocycles. The Kier molecular flexibility index (Phi) is 4.76. The van der Waals surface area contributed by atoms with E-state index in [1.54, 1.807) is 13.8 Å². The Morgan fingerprint density at radius 2 is 2.18 bits per heavy atom. The highest BCUT2D eigenvalue weighted by Gasteiger charge is 2.24. The number of anilines is 1. The molecule has 0 spiro atoms. The van der Waals surface area contributed by atoms with E-state index in [9.17, 15) is 4.79 Å². The lowest BCUT2D eigenvalue weighted by atomic mass is 9.87. The molecule has 1 atom stereocenters. The molecule has 0 saturated heterocycles. The number of nitrogen functional groups attached to an aromatic ring is 1. The van der Waals surface area contributed by atoms with Gasteiger partial charge in [-0.1, -0.05) is 6.07 Å². The van der Waals surface area contributed by atoms with Crippen LogP contribution in [0.4, 0.5) is 5.69 Å². The summed E-state index contributed by atoms with van der Waals surface area (Å²) in [6, 6.07) is 5.89. The lowest BCUT2D eigenvalue weighted by Crippen LogP contribution is -2.31. The maximum Gasteiger partial charge on any atom is 0.289 e. The molecule has 1 heterocycles. The summed E-state index contributed by atoms with van der Waals surface area (Å²) in [6.07, 6.45) is 2.97. The minimum absolute atomic E-state index is 0. The summed E-state index contributed by atoms with van der Waals surface area (Å²) in [6.45, 7) is 3.52. The number of aromatic nitrogens is 1. The molecule has 118 valence electrons. The Bertz CT molecular complexity index is 697. The van der Waals surface area contributed by atoms with Crippen molar-refractivity contribution >= 4 is 24.0 Å². The second-order valence-electron chi connectivity index (χ2n) is 5.52. The van der Waals surface area contributed by atoms with Gasteiger partial charge in [-0.15, -0.1) is 12.4 Å². The Balaban J connectivity index is 0.00000176. The third kappa shape index (κ3) is 3.09. The number of nitrogens with two attached hydrogens (primary N) is 1. The van der Waals surface area contributed by atoms with Crippen LogP contribution in [0.1, 0.15) is 52.1 Å². The number of carbonyl (C=O) groups is 1. The summed E-state index contributed by atoms with van der Waals surface area (Å²) in [5.41, 5.74) is 9.59. The number of nitrogens with one attached hydrogen (secondary N) is 1. The van der Waals surface area contributed by atoms with E-state index in [0.717, 1.165) is 30.5 Å². The highest BCUT2D eigenvalue weighted by molar-refractivity contribution is 5.92. The van der Waals surface area contributed by atoms with Gasteiger partial charge in [0.15, 0.2) is 5.89 Å².